The summed E-state index contributed by atoms with van der Waals surface area (Å²) < 4.78 is 22.7. The van der Waals surface area contributed by atoms with Crippen LogP contribution in [-0.4, -0.2) is 140 Å². The Morgan fingerprint density at radius 1 is 0.507 bits per heavy atom. The first-order valence-corrected chi connectivity index (χ1v) is 28.7. The number of carbonyl (C=O) groups excluding carboxylic acids is 1. The summed E-state index contributed by atoms with van der Waals surface area (Å²) in [6, 6.07) is -0.913. The van der Waals surface area contributed by atoms with E-state index in [9.17, 15) is 45.6 Å². The number of nitrogens with one attached hydrogen (secondary N) is 1. The second-order valence-corrected chi connectivity index (χ2v) is 20.4. The van der Waals surface area contributed by atoms with Crippen molar-refractivity contribution in [2.75, 3.05) is 19.8 Å². The van der Waals surface area contributed by atoms with E-state index in [2.05, 4.69) is 43.5 Å². The third-order valence-corrected chi connectivity index (χ3v) is 14.1. The first-order chi connectivity index (χ1) is 34.6. The molecule has 416 valence electrons. The van der Waals surface area contributed by atoms with Gasteiger partial charge in [-0.1, -0.05) is 204 Å². The van der Waals surface area contributed by atoms with Gasteiger partial charge >= 0.3 is 0 Å². The number of hydrogen-bond donors (Lipinski definition) is 9. The summed E-state index contributed by atoms with van der Waals surface area (Å²) >= 11 is 0. The van der Waals surface area contributed by atoms with E-state index in [0.717, 1.165) is 44.9 Å². The molecule has 2 heterocycles. The maximum Gasteiger partial charge on any atom is 0.220 e. The number of aliphatic hydroxyl groups is 8. The third kappa shape index (κ3) is 29.8. The summed E-state index contributed by atoms with van der Waals surface area (Å²) in [5.74, 6) is -0.241. The molecule has 0 radical (unpaired) electrons. The topological polar surface area (TPSA) is 228 Å². The highest BCUT2D eigenvalue weighted by molar-refractivity contribution is 5.76. The molecule has 2 aliphatic heterocycles. The van der Waals surface area contributed by atoms with Gasteiger partial charge in [-0.15, -0.1) is 0 Å². The van der Waals surface area contributed by atoms with Gasteiger partial charge in [-0.05, 0) is 51.4 Å². The van der Waals surface area contributed by atoms with E-state index >= 15 is 0 Å². The van der Waals surface area contributed by atoms with E-state index in [0.29, 0.717) is 6.42 Å². The zero-order valence-corrected chi connectivity index (χ0v) is 44.5. The molecule has 0 aromatic carbocycles. The fraction of sp³-hybridized carbons (Fsp3) is 0.877. The van der Waals surface area contributed by atoms with Crippen LogP contribution in [0.5, 0.6) is 0 Å². The Bertz CT molecular complexity index is 1330. The zero-order chi connectivity index (χ0) is 51.7. The van der Waals surface area contributed by atoms with Crippen LogP contribution in [-0.2, 0) is 23.7 Å². The molecule has 2 aliphatic rings. The van der Waals surface area contributed by atoms with E-state index in [1.165, 1.54) is 154 Å². The van der Waals surface area contributed by atoms with Crippen molar-refractivity contribution in [3.8, 4) is 0 Å². The van der Waals surface area contributed by atoms with E-state index in [4.69, 9.17) is 18.9 Å². The summed E-state index contributed by atoms with van der Waals surface area (Å²) in [5, 5.41) is 86.9. The molecule has 14 heteroatoms. The van der Waals surface area contributed by atoms with Crippen molar-refractivity contribution in [2.45, 2.75) is 299 Å². The van der Waals surface area contributed by atoms with E-state index in [1.54, 1.807) is 6.08 Å². The van der Waals surface area contributed by atoms with Crippen LogP contribution in [0.3, 0.4) is 0 Å². The van der Waals surface area contributed by atoms with Crippen molar-refractivity contribution < 1.29 is 64.6 Å². The van der Waals surface area contributed by atoms with Gasteiger partial charge in [-0.2, -0.15) is 0 Å². The van der Waals surface area contributed by atoms with Crippen molar-refractivity contribution in [3.63, 3.8) is 0 Å². The van der Waals surface area contributed by atoms with Crippen LogP contribution >= 0.6 is 0 Å². The molecule has 0 bridgehead atoms. The van der Waals surface area contributed by atoms with Gasteiger partial charge in [0.2, 0.25) is 5.91 Å². The highest BCUT2D eigenvalue weighted by atomic mass is 16.7. The van der Waals surface area contributed by atoms with E-state index in [1.807, 2.05) is 6.08 Å². The maximum absolute atomic E-state index is 13.2. The van der Waals surface area contributed by atoms with Gasteiger partial charge in [-0.3, -0.25) is 4.79 Å². The van der Waals surface area contributed by atoms with Crippen LogP contribution in [0, 0.1) is 0 Å². The average Bonchev–Trinajstić information content (AvgIpc) is 3.37. The molecule has 2 saturated heterocycles. The normalized spacial score (nSPS) is 26.0. The number of aliphatic hydroxyl groups excluding tert-OH is 8. The molecule has 12 unspecified atom stereocenters. The van der Waals surface area contributed by atoms with Crippen molar-refractivity contribution in [3.05, 3.63) is 36.5 Å². The second kappa shape index (κ2) is 43.4. The molecule has 14 nitrogen and oxygen atoms in total. The molecule has 2 fully saturated rings. The van der Waals surface area contributed by atoms with Gasteiger partial charge in [0, 0.05) is 6.42 Å². The lowest BCUT2D eigenvalue weighted by Crippen LogP contribution is -2.65. The van der Waals surface area contributed by atoms with E-state index in [-0.39, 0.29) is 18.9 Å². The molecule has 0 spiro atoms. The highest BCUT2D eigenvalue weighted by Gasteiger charge is 2.51. The minimum atomic E-state index is -1.79. The van der Waals surface area contributed by atoms with Crippen LogP contribution in [0.25, 0.3) is 0 Å². The summed E-state index contributed by atoms with van der Waals surface area (Å²) in [5.41, 5.74) is 0. The lowest BCUT2D eigenvalue weighted by Gasteiger charge is -2.46. The minimum Gasteiger partial charge on any atom is -0.394 e. The summed E-state index contributed by atoms with van der Waals surface area (Å²) in [4.78, 5) is 13.2. The van der Waals surface area contributed by atoms with Gasteiger partial charge in [0.05, 0.1) is 32.0 Å². The fourth-order valence-corrected chi connectivity index (χ4v) is 9.38. The first kappa shape index (κ1) is 65.3. The van der Waals surface area contributed by atoms with Gasteiger partial charge in [0.15, 0.2) is 12.6 Å². The fourth-order valence-electron chi connectivity index (χ4n) is 9.38. The number of carbonyl (C=O) groups is 1. The Hall–Kier alpha value is -1.79. The van der Waals surface area contributed by atoms with Gasteiger partial charge in [-0.25, -0.2) is 0 Å². The zero-order valence-electron chi connectivity index (χ0n) is 44.5. The van der Waals surface area contributed by atoms with Crippen molar-refractivity contribution in [1.82, 2.24) is 5.32 Å². The van der Waals surface area contributed by atoms with Crippen LogP contribution in [0.15, 0.2) is 36.5 Å². The number of unbranched alkanes of at least 4 members (excludes halogenated alkanes) is 28. The lowest BCUT2D eigenvalue weighted by atomic mass is 9.97. The molecule has 0 aromatic rings. The van der Waals surface area contributed by atoms with E-state index < -0.39 is 86.8 Å². The Kier molecular flexibility index (Phi) is 40.0. The standard InChI is InChI=1S/C57H105NO13/c1-3-5-7-9-11-13-15-17-18-19-20-21-22-23-24-25-26-27-28-29-31-33-35-37-39-41-49(62)58-45(46(61)40-38-36-34-32-30-16-14-12-10-8-6-4-2)44-68-56-54(67)52(65)55(48(43-60)70-56)71-57-53(66)51(64)50(63)47(42-59)69-57/h15,17,19-20,38,40,45-48,50-57,59-61,63-67H,3-14,16,18,21-37,39,41-44H2,1-2H3,(H,58,62)/b17-15-,20-19-,40-38+. The lowest BCUT2D eigenvalue weighted by molar-refractivity contribution is -0.359. The Morgan fingerprint density at radius 3 is 1.41 bits per heavy atom. The molecule has 0 aliphatic carbocycles. The number of hydrogen-bond acceptors (Lipinski definition) is 13. The summed E-state index contributed by atoms with van der Waals surface area (Å²) in [6.07, 6.45) is 34.7. The molecule has 9 N–H and O–H groups in total. The molecule has 12 atom stereocenters. The predicted octanol–water partition coefficient (Wildman–Crippen LogP) is 9.05. The number of allylic oxidation sites excluding steroid dienone is 5. The third-order valence-electron chi connectivity index (χ3n) is 14.1. The SMILES string of the molecule is CCCCCCC/C=C\C/C=C\CCCCCCCCCCCCCCCC(=O)NC(COC1OC(CO)C(OC2OC(CO)C(O)C(O)C2O)C(O)C1O)C(O)/C=C/CCCCCCCCCCCC. The molecule has 1 amide bonds. The Morgan fingerprint density at radius 2 is 0.930 bits per heavy atom. The highest BCUT2D eigenvalue weighted by Crippen LogP contribution is 2.30. The monoisotopic (exact) mass is 1010 g/mol. The first-order valence-electron chi connectivity index (χ1n) is 28.7. The quantitative estimate of drug-likeness (QED) is 0.0205. The van der Waals surface area contributed by atoms with Crippen LogP contribution in [0.2, 0.25) is 0 Å². The molecule has 0 saturated carbocycles. The van der Waals surface area contributed by atoms with Crippen LogP contribution in [0.4, 0.5) is 0 Å². The number of amides is 1. The molecular formula is C57H105NO13. The molecule has 0 aromatic heterocycles. The van der Waals surface area contributed by atoms with Crippen LogP contribution < -0.4 is 5.32 Å². The molecule has 71 heavy (non-hydrogen) atoms. The average molecular weight is 1010 g/mol. The molecular weight excluding hydrogens is 907 g/mol. The largest absolute Gasteiger partial charge is 0.394 e. The molecule has 2 rings (SSSR count). The smallest absolute Gasteiger partial charge is 0.220 e. The van der Waals surface area contributed by atoms with Crippen LogP contribution in [0.1, 0.15) is 226 Å². The second-order valence-electron chi connectivity index (χ2n) is 20.4. The summed E-state index contributed by atoms with van der Waals surface area (Å²) in [7, 11) is 0. The summed E-state index contributed by atoms with van der Waals surface area (Å²) in [6.45, 7) is 2.78. The van der Waals surface area contributed by atoms with Gasteiger partial charge < -0.3 is 65.1 Å². The van der Waals surface area contributed by atoms with Gasteiger partial charge in [0.1, 0.15) is 48.8 Å². The van der Waals surface area contributed by atoms with Crippen molar-refractivity contribution in [1.29, 1.82) is 0 Å². The Labute approximate surface area is 430 Å². The Balaban J connectivity index is 1.73. The number of rotatable bonds is 45. The van der Waals surface area contributed by atoms with Crippen molar-refractivity contribution >= 4 is 5.91 Å². The van der Waals surface area contributed by atoms with Crippen molar-refractivity contribution in [2.24, 2.45) is 0 Å². The number of ether oxygens (including phenoxy) is 4. The minimum absolute atomic E-state index is 0.241. The predicted molar refractivity (Wildman–Crippen MR) is 281 cm³/mol. The maximum atomic E-state index is 13.2. The van der Waals surface area contributed by atoms with Gasteiger partial charge in [0.25, 0.3) is 0 Å².